The van der Waals surface area contributed by atoms with Crippen LogP contribution in [-0.2, 0) is 5.60 Å². The molecule has 0 saturated heterocycles. The highest BCUT2D eigenvalue weighted by atomic mass is 16.5. The van der Waals surface area contributed by atoms with Crippen LogP contribution in [0, 0.1) is 13.8 Å². The van der Waals surface area contributed by atoms with Crippen LogP contribution in [0.5, 0.6) is 5.75 Å². The van der Waals surface area contributed by atoms with Gasteiger partial charge >= 0.3 is 0 Å². The Kier molecular flexibility index (Phi) is 5.24. The van der Waals surface area contributed by atoms with Gasteiger partial charge in [0.2, 0.25) is 0 Å². The third kappa shape index (κ3) is 3.69. The molecule has 0 heterocycles. The van der Waals surface area contributed by atoms with Crippen molar-refractivity contribution in [3.05, 3.63) is 94.5 Å². The minimum absolute atomic E-state index is 0.768. The van der Waals surface area contributed by atoms with Crippen LogP contribution in [0.15, 0.2) is 66.7 Å². The van der Waals surface area contributed by atoms with E-state index in [-0.39, 0.29) is 0 Å². The molecule has 1 N–H and O–H groups in total. The Labute approximate surface area is 161 Å². The number of ether oxygens (including phenoxy) is 1. The van der Waals surface area contributed by atoms with Gasteiger partial charge < -0.3 is 14.7 Å². The highest BCUT2D eigenvalue weighted by molar-refractivity contribution is 5.54. The maximum absolute atomic E-state index is 12.0. The van der Waals surface area contributed by atoms with Gasteiger partial charge in [-0.15, -0.1) is 0 Å². The van der Waals surface area contributed by atoms with Crippen molar-refractivity contribution in [3.8, 4) is 5.75 Å². The Morgan fingerprint density at radius 3 is 1.67 bits per heavy atom. The number of anilines is 1. The second-order valence-corrected chi connectivity index (χ2v) is 7.26. The van der Waals surface area contributed by atoms with E-state index in [0.29, 0.717) is 0 Å². The molecule has 0 aromatic heterocycles. The smallest absolute Gasteiger partial charge is 0.140 e. The molecule has 3 rings (SSSR count). The number of rotatable bonds is 5. The third-order valence-corrected chi connectivity index (χ3v) is 4.95. The highest BCUT2D eigenvalue weighted by Gasteiger charge is 2.34. The monoisotopic (exact) mass is 361 g/mol. The van der Waals surface area contributed by atoms with E-state index < -0.39 is 5.60 Å². The van der Waals surface area contributed by atoms with Gasteiger partial charge in [-0.2, -0.15) is 0 Å². The molecular weight excluding hydrogens is 334 g/mol. The molecule has 0 aliphatic heterocycles. The average molecular weight is 361 g/mol. The SMILES string of the molecule is COc1ccc(C(O)(c2ccc(N(C)C)cc2)c2cc(C)cc(C)c2)cc1. The molecule has 0 radical (unpaired) electrons. The second-order valence-electron chi connectivity index (χ2n) is 7.26. The predicted molar refractivity (Wildman–Crippen MR) is 112 cm³/mol. The molecule has 0 aliphatic carbocycles. The highest BCUT2D eigenvalue weighted by Crippen LogP contribution is 2.38. The van der Waals surface area contributed by atoms with Crippen molar-refractivity contribution in [2.24, 2.45) is 0 Å². The first-order valence-electron chi connectivity index (χ1n) is 9.08. The fourth-order valence-corrected chi connectivity index (χ4v) is 3.52. The molecule has 27 heavy (non-hydrogen) atoms. The van der Waals surface area contributed by atoms with Crippen molar-refractivity contribution in [2.75, 3.05) is 26.1 Å². The van der Waals surface area contributed by atoms with Gasteiger partial charge in [-0.3, -0.25) is 0 Å². The lowest BCUT2D eigenvalue weighted by Gasteiger charge is -2.31. The quantitative estimate of drug-likeness (QED) is 0.671. The van der Waals surface area contributed by atoms with Gasteiger partial charge in [-0.05, 0) is 54.8 Å². The summed E-state index contributed by atoms with van der Waals surface area (Å²) in [7, 11) is 5.66. The van der Waals surface area contributed by atoms with Crippen LogP contribution in [-0.4, -0.2) is 26.3 Å². The molecule has 3 heteroatoms. The summed E-state index contributed by atoms with van der Waals surface area (Å²) < 4.78 is 5.29. The molecule has 140 valence electrons. The topological polar surface area (TPSA) is 32.7 Å². The Bertz CT molecular complexity index is 894. The van der Waals surface area contributed by atoms with E-state index in [1.165, 1.54) is 0 Å². The van der Waals surface area contributed by atoms with E-state index in [4.69, 9.17) is 4.74 Å². The number of hydrogen-bond donors (Lipinski definition) is 1. The lowest BCUT2D eigenvalue weighted by Crippen LogP contribution is -2.29. The van der Waals surface area contributed by atoms with Gasteiger partial charge in [-0.25, -0.2) is 0 Å². The zero-order valence-corrected chi connectivity index (χ0v) is 16.7. The van der Waals surface area contributed by atoms with E-state index in [1.807, 2.05) is 67.5 Å². The summed E-state index contributed by atoms with van der Waals surface area (Å²) in [5, 5.41) is 12.0. The fourth-order valence-electron chi connectivity index (χ4n) is 3.52. The number of aryl methyl sites for hydroxylation is 2. The molecule has 0 spiro atoms. The molecular formula is C24H27NO2. The van der Waals surface area contributed by atoms with Crippen LogP contribution in [0.3, 0.4) is 0 Å². The van der Waals surface area contributed by atoms with E-state index >= 15 is 0 Å². The van der Waals surface area contributed by atoms with Crippen LogP contribution in [0.25, 0.3) is 0 Å². The van der Waals surface area contributed by atoms with E-state index in [1.54, 1.807) is 7.11 Å². The molecule has 1 unspecified atom stereocenters. The summed E-state index contributed by atoms with van der Waals surface area (Å²) in [6.45, 7) is 4.11. The molecule has 3 nitrogen and oxygen atoms in total. The van der Waals surface area contributed by atoms with Gasteiger partial charge in [0.05, 0.1) is 7.11 Å². The van der Waals surface area contributed by atoms with Crippen molar-refractivity contribution in [1.82, 2.24) is 0 Å². The van der Waals surface area contributed by atoms with Gasteiger partial charge in [-0.1, -0.05) is 53.6 Å². The Balaban J connectivity index is 2.21. The lowest BCUT2D eigenvalue weighted by molar-refractivity contribution is 0.125. The lowest BCUT2D eigenvalue weighted by atomic mass is 9.79. The van der Waals surface area contributed by atoms with Crippen molar-refractivity contribution < 1.29 is 9.84 Å². The first-order chi connectivity index (χ1) is 12.8. The molecule has 1 atom stereocenters. The van der Waals surface area contributed by atoms with Crippen LogP contribution in [0.4, 0.5) is 5.69 Å². The van der Waals surface area contributed by atoms with Crippen molar-refractivity contribution in [1.29, 1.82) is 0 Å². The number of benzene rings is 3. The second kappa shape index (κ2) is 7.45. The van der Waals surface area contributed by atoms with Crippen LogP contribution >= 0.6 is 0 Å². The average Bonchev–Trinajstić information content (AvgIpc) is 2.66. The molecule has 0 amide bonds. The third-order valence-electron chi connectivity index (χ3n) is 4.95. The van der Waals surface area contributed by atoms with Gasteiger partial charge in [0.25, 0.3) is 0 Å². The van der Waals surface area contributed by atoms with Crippen LogP contribution in [0.2, 0.25) is 0 Å². The zero-order valence-electron chi connectivity index (χ0n) is 16.7. The summed E-state index contributed by atoms with van der Waals surface area (Å²) in [6.07, 6.45) is 0. The van der Waals surface area contributed by atoms with Crippen molar-refractivity contribution in [3.63, 3.8) is 0 Å². The molecule has 0 aliphatic rings. The van der Waals surface area contributed by atoms with Crippen molar-refractivity contribution >= 4 is 5.69 Å². The molecule has 0 saturated carbocycles. The molecule has 3 aromatic carbocycles. The number of aliphatic hydroxyl groups is 1. The van der Waals surface area contributed by atoms with Crippen LogP contribution < -0.4 is 9.64 Å². The molecule has 0 fully saturated rings. The number of nitrogens with zero attached hydrogens (tertiary/aromatic N) is 1. The maximum Gasteiger partial charge on any atom is 0.140 e. The fraction of sp³-hybridized carbons (Fsp3) is 0.250. The zero-order chi connectivity index (χ0) is 19.6. The molecule has 0 bridgehead atoms. The Hall–Kier alpha value is -2.78. The van der Waals surface area contributed by atoms with Gasteiger partial charge in [0.1, 0.15) is 11.4 Å². The summed E-state index contributed by atoms with van der Waals surface area (Å²) in [5.41, 5.74) is 4.62. The predicted octanol–water partition coefficient (Wildman–Crippen LogP) is 4.66. The van der Waals surface area contributed by atoms with Crippen LogP contribution in [0.1, 0.15) is 27.8 Å². The minimum Gasteiger partial charge on any atom is -0.497 e. The first-order valence-corrected chi connectivity index (χ1v) is 9.08. The number of hydrogen-bond acceptors (Lipinski definition) is 3. The number of methoxy groups -OCH3 is 1. The largest absolute Gasteiger partial charge is 0.497 e. The standard InChI is InChI=1S/C24H27NO2/c1-17-14-18(2)16-21(15-17)24(26,20-8-12-23(27-5)13-9-20)19-6-10-22(11-7-19)25(3)4/h6-16,26H,1-5H3. The first kappa shape index (κ1) is 19.0. The normalized spacial score (nSPS) is 13.1. The van der Waals surface area contributed by atoms with Gasteiger partial charge in [0, 0.05) is 19.8 Å². The summed E-state index contributed by atoms with van der Waals surface area (Å²) in [5.74, 6) is 0.768. The van der Waals surface area contributed by atoms with Gasteiger partial charge in [0.15, 0.2) is 0 Å². The summed E-state index contributed by atoms with van der Waals surface area (Å²) >= 11 is 0. The maximum atomic E-state index is 12.0. The van der Waals surface area contributed by atoms with E-state index in [2.05, 4.69) is 32.0 Å². The Morgan fingerprint density at radius 1 is 0.741 bits per heavy atom. The van der Waals surface area contributed by atoms with E-state index in [0.717, 1.165) is 39.3 Å². The molecule has 3 aromatic rings. The van der Waals surface area contributed by atoms with Crippen molar-refractivity contribution in [2.45, 2.75) is 19.4 Å². The minimum atomic E-state index is -1.24. The van der Waals surface area contributed by atoms with E-state index in [9.17, 15) is 5.11 Å². The summed E-state index contributed by atoms with van der Waals surface area (Å²) in [6, 6.07) is 21.9. The summed E-state index contributed by atoms with van der Waals surface area (Å²) in [4.78, 5) is 2.05. The Morgan fingerprint density at radius 2 is 1.22 bits per heavy atom.